The van der Waals surface area contributed by atoms with Crippen molar-refractivity contribution in [2.24, 2.45) is 0 Å². The van der Waals surface area contributed by atoms with E-state index in [4.69, 9.17) is 5.11 Å². The number of nitrogens with one attached hydrogen (secondary N) is 1. The predicted molar refractivity (Wildman–Crippen MR) is 92.1 cm³/mol. The van der Waals surface area contributed by atoms with Gasteiger partial charge in [-0.25, -0.2) is 0 Å². The average Bonchev–Trinajstić information content (AvgIpc) is 2.48. The maximum atomic E-state index is 12.4. The molecule has 0 bridgehead atoms. The Balaban J connectivity index is 1.90. The first-order chi connectivity index (χ1) is 10.9. The predicted octanol–water partition coefficient (Wildman–Crippen LogP) is 2.38. The maximum Gasteiger partial charge on any atom is 0.317 e. The van der Waals surface area contributed by atoms with E-state index in [1.54, 1.807) is 11.8 Å². The minimum absolute atomic E-state index is 0.0388. The third kappa shape index (κ3) is 4.48. The molecule has 0 aromatic heterocycles. The number of benzene rings is 1. The van der Waals surface area contributed by atoms with Crippen LogP contribution in [-0.4, -0.2) is 53.3 Å². The van der Waals surface area contributed by atoms with Gasteiger partial charge >= 0.3 is 5.97 Å². The summed E-state index contributed by atoms with van der Waals surface area (Å²) in [5.74, 6) is -0.841. The molecule has 1 aromatic rings. The number of rotatable bonds is 7. The third-order valence-corrected chi connectivity index (χ3v) is 5.12. The Bertz CT molecular complexity index is 585. The van der Waals surface area contributed by atoms with Gasteiger partial charge < -0.3 is 10.4 Å². The minimum atomic E-state index is -0.802. The number of hydrogen-bond acceptors (Lipinski definition) is 4. The van der Waals surface area contributed by atoms with E-state index in [1.165, 1.54) is 0 Å². The van der Waals surface area contributed by atoms with Crippen LogP contribution in [0.2, 0.25) is 0 Å². The van der Waals surface area contributed by atoms with Gasteiger partial charge in [0.1, 0.15) is 0 Å². The van der Waals surface area contributed by atoms with Crippen LogP contribution >= 0.6 is 11.8 Å². The van der Waals surface area contributed by atoms with Crippen LogP contribution in [0.3, 0.4) is 0 Å². The highest BCUT2D eigenvalue weighted by atomic mass is 32.2. The number of carboxylic acid groups (broad SMARTS) is 1. The van der Waals surface area contributed by atoms with Crippen LogP contribution in [0.4, 0.5) is 0 Å². The van der Waals surface area contributed by atoms with E-state index in [0.29, 0.717) is 6.54 Å². The number of aryl methyl sites for hydroxylation is 1. The summed E-state index contributed by atoms with van der Waals surface area (Å²) < 4.78 is 0. The van der Waals surface area contributed by atoms with Crippen molar-refractivity contribution in [2.45, 2.75) is 43.7 Å². The smallest absolute Gasteiger partial charge is 0.317 e. The van der Waals surface area contributed by atoms with Crippen LogP contribution in [-0.2, 0) is 4.79 Å². The molecule has 0 unspecified atom stereocenters. The summed E-state index contributed by atoms with van der Waals surface area (Å²) in [6.45, 7) is 4.68. The number of nitrogens with zero attached hydrogens (tertiary/aromatic N) is 1. The van der Waals surface area contributed by atoms with Crippen molar-refractivity contribution >= 4 is 23.6 Å². The van der Waals surface area contributed by atoms with Gasteiger partial charge in [-0.1, -0.05) is 13.0 Å². The number of likely N-dealkylation sites (N-methyl/N-ethyl adjacent to an activating group) is 1. The number of thioether (sulfide) groups is 1. The number of carbonyl (C=O) groups is 2. The Morgan fingerprint density at radius 3 is 2.65 bits per heavy atom. The molecule has 0 spiro atoms. The second-order valence-corrected chi connectivity index (χ2v) is 6.81. The molecule has 1 aliphatic rings. The van der Waals surface area contributed by atoms with Crippen molar-refractivity contribution in [2.75, 3.05) is 19.3 Å². The van der Waals surface area contributed by atoms with E-state index in [9.17, 15) is 9.59 Å². The highest BCUT2D eigenvalue weighted by Gasteiger charge is 2.34. The molecule has 2 rings (SSSR count). The molecule has 1 aliphatic carbocycles. The van der Waals surface area contributed by atoms with Crippen molar-refractivity contribution in [1.29, 1.82) is 0 Å². The molecule has 0 atom stereocenters. The second-order valence-electron chi connectivity index (χ2n) is 5.93. The zero-order valence-electron chi connectivity index (χ0n) is 13.8. The van der Waals surface area contributed by atoms with Crippen molar-refractivity contribution in [1.82, 2.24) is 10.2 Å². The van der Waals surface area contributed by atoms with E-state index < -0.39 is 5.97 Å². The quantitative estimate of drug-likeness (QED) is 0.748. The van der Waals surface area contributed by atoms with E-state index in [2.05, 4.69) is 5.32 Å². The van der Waals surface area contributed by atoms with Crippen LogP contribution in [0, 0.1) is 6.92 Å². The van der Waals surface area contributed by atoms with Crippen LogP contribution < -0.4 is 5.32 Å². The molecule has 1 amide bonds. The monoisotopic (exact) mass is 336 g/mol. The summed E-state index contributed by atoms with van der Waals surface area (Å²) in [4.78, 5) is 26.3. The van der Waals surface area contributed by atoms with Crippen molar-refractivity contribution in [3.63, 3.8) is 0 Å². The summed E-state index contributed by atoms with van der Waals surface area (Å²) >= 11 is 1.62. The highest BCUT2D eigenvalue weighted by Crippen LogP contribution is 2.26. The van der Waals surface area contributed by atoms with Gasteiger partial charge in [0.2, 0.25) is 0 Å². The molecule has 1 saturated carbocycles. The molecular weight excluding hydrogens is 312 g/mol. The summed E-state index contributed by atoms with van der Waals surface area (Å²) in [7, 11) is 0. The van der Waals surface area contributed by atoms with Crippen LogP contribution in [0.1, 0.15) is 35.7 Å². The molecule has 6 heteroatoms. The molecule has 5 nitrogen and oxygen atoms in total. The average molecular weight is 336 g/mol. The SMILES string of the molecule is CCN(CC(=O)O)C1CC(NC(=O)c2cc(SC)ccc2C)C1. The zero-order valence-corrected chi connectivity index (χ0v) is 14.7. The largest absolute Gasteiger partial charge is 0.480 e. The van der Waals surface area contributed by atoms with Gasteiger partial charge in [0, 0.05) is 22.5 Å². The molecule has 0 aliphatic heterocycles. The van der Waals surface area contributed by atoms with Gasteiger partial charge in [0.05, 0.1) is 6.54 Å². The number of carboxylic acids is 1. The van der Waals surface area contributed by atoms with Crippen molar-refractivity contribution in [3.8, 4) is 0 Å². The summed E-state index contributed by atoms with van der Waals surface area (Å²) in [5, 5.41) is 12.0. The molecule has 1 fully saturated rings. The van der Waals surface area contributed by atoms with E-state index in [0.717, 1.165) is 28.9 Å². The summed E-state index contributed by atoms with van der Waals surface area (Å²) in [5.41, 5.74) is 1.69. The van der Waals surface area contributed by atoms with E-state index >= 15 is 0 Å². The van der Waals surface area contributed by atoms with Gasteiger partial charge in [-0.05, 0) is 50.3 Å². The summed E-state index contributed by atoms with van der Waals surface area (Å²) in [6, 6.07) is 6.29. The molecule has 0 saturated heterocycles. The van der Waals surface area contributed by atoms with Crippen LogP contribution in [0.5, 0.6) is 0 Å². The lowest BCUT2D eigenvalue weighted by Gasteiger charge is -2.42. The number of amides is 1. The summed E-state index contributed by atoms with van der Waals surface area (Å²) in [6.07, 6.45) is 3.62. The number of aliphatic carboxylic acids is 1. The van der Waals surface area contributed by atoms with Crippen molar-refractivity contribution in [3.05, 3.63) is 29.3 Å². The minimum Gasteiger partial charge on any atom is -0.480 e. The Morgan fingerprint density at radius 1 is 1.39 bits per heavy atom. The first kappa shape index (κ1) is 17.8. The first-order valence-electron chi connectivity index (χ1n) is 7.86. The third-order valence-electron chi connectivity index (χ3n) is 4.40. The molecule has 1 aromatic carbocycles. The first-order valence-corrected chi connectivity index (χ1v) is 9.08. The van der Waals surface area contributed by atoms with Gasteiger partial charge in [-0.3, -0.25) is 14.5 Å². The fourth-order valence-corrected chi connectivity index (χ4v) is 3.35. The maximum absolute atomic E-state index is 12.4. The van der Waals surface area contributed by atoms with Crippen molar-refractivity contribution < 1.29 is 14.7 Å². The van der Waals surface area contributed by atoms with Gasteiger partial charge in [-0.2, -0.15) is 0 Å². The normalized spacial score (nSPS) is 20.2. The van der Waals surface area contributed by atoms with Gasteiger partial charge in [0.15, 0.2) is 0 Å². The zero-order chi connectivity index (χ0) is 17.0. The fraction of sp³-hybridized carbons (Fsp3) is 0.529. The Kier molecular flexibility index (Phi) is 6.07. The molecule has 126 valence electrons. The topological polar surface area (TPSA) is 69.6 Å². The number of carbonyl (C=O) groups excluding carboxylic acids is 1. The lowest BCUT2D eigenvalue weighted by atomic mass is 9.85. The fourth-order valence-electron chi connectivity index (χ4n) is 2.91. The van der Waals surface area contributed by atoms with Gasteiger partial charge in [0.25, 0.3) is 5.91 Å². The number of hydrogen-bond donors (Lipinski definition) is 2. The molecule has 2 N–H and O–H groups in total. The second kappa shape index (κ2) is 7.84. The molecule has 0 heterocycles. The Labute approximate surface area is 141 Å². The van der Waals surface area contributed by atoms with Gasteiger partial charge in [-0.15, -0.1) is 11.8 Å². The lowest BCUT2D eigenvalue weighted by Crippen LogP contribution is -2.54. The molecule has 23 heavy (non-hydrogen) atoms. The van der Waals surface area contributed by atoms with Crippen LogP contribution in [0.15, 0.2) is 23.1 Å². The van der Waals surface area contributed by atoms with Crippen LogP contribution in [0.25, 0.3) is 0 Å². The van der Waals surface area contributed by atoms with E-state index in [1.807, 2.05) is 43.2 Å². The van der Waals surface area contributed by atoms with E-state index in [-0.39, 0.29) is 24.5 Å². The molecular formula is C17H24N2O3S. The lowest BCUT2D eigenvalue weighted by molar-refractivity contribution is -0.139. The Morgan fingerprint density at radius 2 is 2.09 bits per heavy atom. The standard InChI is InChI=1S/C17H24N2O3S/c1-4-19(10-16(20)21)13-7-12(8-13)18-17(22)15-9-14(23-3)6-5-11(15)2/h5-6,9,12-13H,4,7-8,10H2,1-3H3,(H,18,22)(H,20,21). The highest BCUT2D eigenvalue weighted by molar-refractivity contribution is 7.98. The Hall–Kier alpha value is -1.53. The molecule has 0 radical (unpaired) electrons.